The molecular weight excluding hydrogens is 306 g/mol. The molecule has 0 aromatic heterocycles. The lowest BCUT2D eigenvalue weighted by atomic mass is 9.87. The van der Waals surface area contributed by atoms with E-state index in [2.05, 4.69) is 20.8 Å². The van der Waals surface area contributed by atoms with Gasteiger partial charge in [0.1, 0.15) is 6.61 Å². The van der Waals surface area contributed by atoms with Gasteiger partial charge in [-0.25, -0.2) is 4.79 Å². The van der Waals surface area contributed by atoms with Gasteiger partial charge >= 0.3 is 5.97 Å². The van der Waals surface area contributed by atoms with Gasteiger partial charge in [-0.15, -0.1) is 0 Å². The van der Waals surface area contributed by atoms with Crippen LogP contribution in [0.15, 0.2) is 42.5 Å². The monoisotopic (exact) mass is 327 g/mol. The fraction of sp³-hybridized carbons (Fsp3) is 0.316. The predicted octanol–water partition coefficient (Wildman–Crippen LogP) is 4.56. The smallest absolute Gasteiger partial charge is 0.338 e. The minimum atomic E-state index is -0.571. The van der Waals surface area contributed by atoms with Crippen molar-refractivity contribution in [2.45, 2.75) is 39.7 Å². The summed E-state index contributed by atoms with van der Waals surface area (Å²) in [5, 5.41) is 10.9. The Morgan fingerprint density at radius 2 is 1.75 bits per heavy atom. The van der Waals surface area contributed by atoms with Gasteiger partial charge in [0.25, 0.3) is 5.69 Å². The molecule has 0 aliphatic heterocycles. The molecule has 0 atom stereocenters. The van der Waals surface area contributed by atoms with Gasteiger partial charge in [0.15, 0.2) is 0 Å². The van der Waals surface area contributed by atoms with Crippen LogP contribution in [-0.4, -0.2) is 10.9 Å². The lowest BCUT2D eigenvalue weighted by molar-refractivity contribution is -0.385. The van der Waals surface area contributed by atoms with Crippen molar-refractivity contribution in [2.24, 2.45) is 0 Å². The molecule has 0 aliphatic rings. The van der Waals surface area contributed by atoms with E-state index in [4.69, 9.17) is 4.74 Å². The molecule has 0 saturated heterocycles. The molecule has 2 aromatic rings. The van der Waals surface area contributed by atoms with Crippen LogP contribution in [0.4, 0.5) is 5.69 Å². The highest BCUT2D eigenvalue weighted by Crippen LogP contribution is 2.23. The first-order chi connectivity index (χ1) is 11.2. The summed E-state index contributed by atoms with van der Waals surface area (Å²) in [6.45, 7) is 8.15. The average Bonchev–Trinajstić information content (AvgIpc) is 2.52. The molecule has 0 bridgehead atoms. The molecule has 0 unspecified atom stereocenters. The van der Waals surface area contributed by atoms with Crippen molar-refractivity contribution in [1.82, 2.24) is 0 Å². The average molecular weight is 327 g/mol. The van der Waals surface area contributed by atoms with Crippen molar-refractivity contribution in [3.63, 3.8) is 0 Å². The zero-order valence-electron chi connectivity index (χ0n) is 14.3. The van der Waals surface area contributed by atoms with Crippen LogP contribution >= 0.6 is 0 Å². The molecule has 2 rings (SSSR count). The topological polar surface area (TPSA) is 69.4 Å². The number of nitrogens with zero attached hydrogens (tertiary/aromatic N) is 1. The molecular formula is C19H21NO4. The van der Waals surface area contributed by atoms with E-state index in [0.29, 0.717) is 5.56 Å². The Kier molecular flexibility index (Phi) is 5.02. The molecule has 0 fully saturated rings. The first kappa shape index (κ1) is 17.7. The zero-order chi connectivity index (χ0) is 17.9. The molecule has 0 aliphatic carbocycles. The molecule has 0 N–H and O–H groups in total. The second-order valence-corrected chi connectivity index (χ2v) is 6.78. The Balaban J connectivity index is 2.06. The first-order valence-corrected chi connectivity index (χ1v) is 7.70. The first-order valence-electron chi connectivity index (χ1n) is 7.70. The van der Waals surface area contributed by atoms with Crippen LogP contribution in [0.2, 0.25) is 0 Å². The van der Waals surface area contributed by atoms with E-state index in [1.165, 1.54) is 17.7 Å². The number of ether oxygens (including phenoxy) is 1. The summed E-state index contributed by atoms with van der Waals surface area (Å²) >= 11 is 0. The summed E-state index contributed by atoms with van der Waals surface area (Å²) in [5.41, 5.74) is 2.74. The van der Waals surface area contributed by atoms with E-state index in [9.17, 15) is 14.9 Å². The number of aryl methyl sites for hydroxylation is 1. The van der Waals surface area contributed by atoms with Crippen molar-refractivity contribution >= 4 is 11.7 Å². The lowest BCUT2D eigenvalue weighted by Crippen LogP contribution is -2.11. The Labute approximate surface area is 141 Å². The Morgan fingerprint density at radius 1 is 1.12 bits per heavy atom. The highest BCUT2D eigenvalue weighted by Gasteiger charge is 2.16. The van der Waals surface area contributed by atoms with Gasteiger partial charge in [0, 0.05) is 11.6 Å². The van der Waals surface area contributed by atoms with Crippen LogP contribution in [0.3, 0.4) is 0 Å². The quantitative estimate of drug-likeness (QED) is 0.469. The van der Waals surface area contributed by atoms with E-state index >= 15 is 0 Å². The largest absolute Gasteiger partial charge is 0.457 e. The van der Waals surface area contributed by atoms with Crippen LogP contribution < -0.4 is 0 Å². The zero-order valence-corrected chi connectivity index (χ0v) is 14.3. The highest BCUT2D eigenvalue weighted by atomic mass is 16.6. The maximum absolute atomic E-state index is 12.1. The van der Waals surface area contributed by atoms with Crippen molar-refractivity contribution < 1.29 is 14.5 Å². The number of nitro groups is 1. The Bertz CT molecular complexity index is 758. The SMILES string of the molecule is Cc1ccc(C(=O)OCc2ccc(C(C)(C)C)cc2)cc1[N+](=O)[O-]. The molecule has 126 valence electrons. The summed E-state index contributed by atoms with van der Waals surface area (Å²) < 4.78 is 5.25. The molecule has 0 radical (unpaired) electrons. The fourth-order valence-electron chi connectivity index (χ4n) is 2.27. The standard InChI is InChI=1S/C19H21NO4/c1-13-5-8-15(11-17(13)20(22)23)18(21)24-12-14-6-9-16(10-7-14)19(2,3)4/h5-11H,12H2,1-4H3. The van der Waals surface area contributed by atoms with Crippen LogP contribution in [0.1, 0.15) is 47.8 Å². The summed E-state index contributed by atoms with van der Waals surface area (Å²) in [5.74, 6) is -0.571. The van der Waals surface area contributed by atoms with E-state index in [1.807, 2.05) is 24.3 Å². The molecule has 5 heteroatoms. The molecule has 0 heterocycles. The van der Waals surface area contributed by atoms with Crippen molar-refractivity contribution in [2.75, 3.05) is 0 Å². The fourth-order valence-corrected chi connectivity index (χ4v) is 2.27. The summed E-state index contributed by atoms with van der Waals surface area (Å²) in [6, 6.07) is 12.2. The van der Waals surface area contributed by atoms with Gasteiger partial charge in [-0.05, 0) is 29.5 Å². The number of hydrogen-bond acceptors (Lipinski definition) is 4. The molecule has 5 nitrogen and oxygen atoms in total. The number of carbonyl (C=O) groups is 1. The number of hydrogen-bond donors (Lipinski definition) is 0. The third-order valence-electron chi connectivity index (χ3n) is 3.83. The summed E-state index contributed by atoms with van der Waals surface area (Å²) in [7, 11) is 0. The second kappa shape index (κ2) is 6.83. The predicted molar refractivity (Wildman–Crippen MR) is 92.1 cm³/mol. The number of esters is 1. The number of carbonyl (C=O) groups excluding carboxylic acids is 1. The third kappa shape index (κ3) is 4.19. The maximum Gasteiger partial charge on any atom is 0.338 e. The number of rotatable bonds is 4. The normalized spacial score (nSPS) is 11.2. The molecule has 0 amide bonds. The van der Waals surface area contributed by atoms with E-state index < -0.39 is 10.9 Å². The number of nitro benzene ring substituents is 1. The maximum atomic E-state index is 12.1. The van der Waals surface area contributed by atoms with Crippen LogP contribution in [-0.2, 0) is 16.8 Å². The van der Waals surface area contributed by atoms with Gasteiger partial charge in [0.05, 0.1) is 10.5 Å². The van der Waals surface area contributed by atoms with Crippen molar-refractivity contribution in [3.05, 3.63) is 74.8 Å². The molecule has 2 aromatic carbocycles. The Hall–Kier alpha value is -2.69. The highest BCUT2D eigenvalue weighted by molar-refractivity contribution is 5.90. The second-order valence-electron chi connectivity index (χ2n) is 6.78. The minimum absolute atomic E-state index is 0.0655. The summed E-state index contributed by atoms with van der Waals surface area (Å²) in [4.78, 5) is 22.5. The van der Waals surface area contributed by atoms with Crippen LogP contribution in [0, 0.1) is 17.0 Å². The van der Waals surface area contributed by atoms with Gasteiger partial charge in [-0.2, -0.15) is 0 Å². The molecule has 0 spiro atoms. The van der Waals surface area contributed by atoms with E-state index in [-0.39, 0.29) is 23.3 Å². The van der Waals surface area contributed by atoms with Crippen LogP contribution in [0.5, 0.6) is 0 Å². The van der Waals surface area contributed by atoms with Gasteiger partial charge < -0.3 is 4.74 Å². The number of benzene rings is 2. The van der Waals surface area contributed by atoms with Crippen LogP contribution in [0.25, 0.3) is 0 Å². The van der Waals surface area contributed by atoms with Crippen molar-refractivity contribution in [1.29, 1.82) is 0 Å². The van der Waals surface area contributed by atoms with Gasteiger partial charge in [-0.3, -0.25) is 10.1 Å². The van der Waals surface area contributed by atoms with E-state index in [1.54, 1.807) is 13.0 Å². The minimum Gasteiger partial charge on any atom is -0.457 e. The van der Waals surface area contributed by atoms with Gasteiger partial charge in [-0.1, -0.05) is 51.1 Å². The van der Waals surface area contributed by atoms with Gasteiger partial charge in [0.2, 0.25) is 0 Å². The van der Waals surface area contributed by atoms with Crippen molar-refractivity contribution in [3.8, 4) is 0 Å². The van der Waals surface area contributed by atoms with E-state index in [0.717, 1.165) is 5.56 Å². The third-order valence-corrected chi connectivity index (χ3v) is 3.83. The molecule has 24 heavy (non-hydrogen) atoms. The summed E-state index contributed by atoms with van der Waals surface area (Å²) in [6.07, 6.45) is 0. The Morgan fingerprint density at radius 3 is 2.29 bits per heavy atom. The lowest BCUT2D eigenvalue weighted by Gasteiger charge is -2.19. The molecule has 0 saturated carbocycles.